The highest BCUT2D eigenvalue weighted by molar-refractivity contribution is 7.18. The lowest BCUT2D eigenvalue weighted by molar-refractivity contribution is 0.0895. The minimum Gasteiger partial charge on any atom is -0.488 e. The predicted molar refractivity (Wildman–Crippen MR) is 79.7 cm³/mol. The molecule has 4 rings (SSSR count). The van der Waals surface area contributed by atoms with Crippen LogP contribution in [0.1, 0.15) is 23.5 Å². The van der Waals surface area contributed by atoms with Gasteiger partial charge in [-0.15, -0.1) is 11.3 Å². The van der Waals surface area contributed by atoms with E-state index in [1.54, 1.807) is 6.20 Å². The van der Waals surface area contributed by atoms with Gasteiger partial charge in [0.05, 0.1) is 17.1 Å². The van der Waals surface area contributed by atoms with Crippen LogP contribution in [0, 0.1) is 0 Å². The smallest absolute Gasteiger partial charge is 0.265 e. The standard InChI is InChI=1S/C14H14N4O2S/c1-14(2)17-13(19)12-9-10(20-6-5-18(9)14)11(21-12)8-3-4-15-7-16-8/h3-4,7H,5-6H2,1-2H3,(H,17,19). The summed E-state index contributed by atoms with van der Waals surface area (Å²) in [6.07, 6.45) is 3.20. The molecule has 2 aromatic heterocycles. The van der Waals surface area contributed by atoms with E-state index >= 15 is 0 Å². The zero-order chi connectivity index (χ0) is 14.6. The molecule has 2 aliphatic rings. The van der Waals surface area contributed by atoms with Gasteiger partial charge < -0.3 is 15.0 Å². The summed E-state index contributed by atoms with van der Waals surface area (Å²) in [5.74, 6) is 0.714. The van der Waals surface area contributed by atoms with E-state index in [4.69, 9.17) is 4.74 Å². The third-order valence-electron chi connectivity index (χ3n) is 3.79. The van der Waals surface area contributed by atoms with Crippen LogP contribution >= 0.6 is 11.3 Å². The average Bonchev–Trinajstić information content (AvgIpc) is 2.86. The number of anilines is 1. The van der Waals surface area contributed by atoms with E-state index in [2.05, 4.69) is 20.2 Å². The zero-order valence-corrected chi connectivity index (χ0v) is 12.5. The molecular formula is C14H14N4O2S. The number of hydrogen-bond acceptors (Lipinski definition) is 6. The second-order valence-electron chi connectivity index (χ2n) is 5.55. The Hall–Kier alpha value is -2.15. The van der Waals surface area contributed by atoms with E-state index in [0.717, 1.165) is 28.6 Å². The largest absolute Gasteiger partial charge is 0.488 e. The molecule has 0 spiro atoms. The molecule has 6 nitrogen and oxygen atoms in total. The topological polar surface area (TPSA) is 67.4 Å². The SMILES string of the molecule is CC1(C)NC(=O)c2sc(-c3ccncn3)c3c2N1CCO3. The molecule has 0 fully saturated rings. The Morgan fingerprint density at radius 1 is 1.43 bits per heavy atom. The Kier molecular flexibility index (Phi) is 2.50. The van der Waals surface area contributed by atoms with Crippen LogP contribution in [0.3, 0.4) is 0 Å². The first kappa shape index (κ1) is 12.6. The summed E-state index contributed by atoms with van der Waals surface area (Å²) in [5, 5.41) is 3.05. The maximum atomic E-state index is 12.4. The molecule has 2 aromatic rings. The molecule has 0 saturated carbocycles. The van der Waals surface area contributed by atoms with Crippen LogP contribution in [0.15, 0.2) is 18.6 Å². The second-order valence-corrected chi connectivity index (χ2v) is 6.57. The highest BCUT2D eigenvalue weighted by atomic mass is 32.1. The zero-order valence-electron chi connectivity index (χ0n) is 11.7. The first-order valence-electron chi connectivity index (χ1n) is 6.74. The Bertz CT molecular complexity index is 726. The van der Waals surface area contributed by atoms with Crippen molar-refractivity contribution in [3.8, 4) is 16.3 Å². The summed E-state index contributed by atoms with van der Waals surface area (Å²) >= 11 is 1.42. The Morgan fingerprint density at radius 2 is 2.29 bits per heavy atom. The maximum absolute atomic E-state index is 12.4. The molecule has 1 amide bonds. The van der Waals surface area contributed by atoms with E-state index in [9.17, 15) is 4.79 Å². The molecule has 0 radical (unpaired) electrons. The first-order chi connectivity index (χ1) is 10.1. The third kappa shape index (κ3) is 1.73. The van der Waals surface area contributed by atoms with E-state index in [1.807, 2.05) is 19.9 Å². The van der Waals surface area contributed by atoms with Gasteiger partial charge in [-0.1, -0.05) is 0 Å². The van der Waals surface area contributed by atoms with Crippen molar-refractivity contribution < 1.29 is 9.53 Å². The van der Waals surface area contributed by atoms with Crippen LogP contribution in [0.5, 0.6) is 5.75 Å². The molecule has 0 aliphatic carbocycles. The van der Waals surface area contributed by atoms with Gasteiger partial charge in [0.25, 0.3) is 5.91 Å². The summed E-state index contributed by atoms with van der Waals surface area (Å²) in [6, 6.07) is 1.83. The molecule has 4 heterocycles. The molecule has 0 saturated heterocycles. The first-order valence-corrected chi connectivity index (χ1v) is 7.56. The molecule has 2 aliphatic heterocycles. The molecule has 0 aromatic carbocycles. The van der Waals surface area contributed by atoms with Crippen LogP contribution < -0.4 is 15.0 Å². The van der Waals surface area contributed by atoms with Gasteiger partial charge in [-0.05, 0) is 19.9 Å². The lowest BCUT2D eigenvalue weighted by atomic mass is 10.1. The van der Waals surface area contributed by atoms with Crippen molar-refractivity contribution in [2.24, 2.45) is 0 Å². The van der Waals surface area contributed by atoms with Gasteiger partial charge >= 0.3 is 0 Å². The highest BCUT2D eigenvalue weighted by Crippen LogP contribution is 2.51. The molecule has 0 bridgehead atoms. The average molecular weight is 302 g/mol. The number of nitrogens with one attached hydrogen (secondary N) is 1. The normalized spacial score (nSPS) is 18.8. The fraction of sp³-hybridized carbons (Fsp3) is 0.357. The van der Waals surface area contributed by atoms with Gasteiger partial charge in [0.15, 0.2) is 5.75 Å². The Morgan fingerprint density at radius 3 is 3.05 bits per heavy atom. The summed E-state index contributed by atoms with van der Waals surface area (Å²) in [7, 11) is 0. The summed E-state index contributed by atoms with van der Waals surface area (Å²) in [4.78, 5) is 24.4. The van der Waals surface area contributed by atoms with Crippen molar-refractivity contribution in [3.05, 3.63) is 23.5 Å². The minimum atomic E-state index is -0.410. The van der Waals surface area contributed by atoms with Crippen molar-refractivity contribution in [1.29, 1.82) is 0 Å². The van der Waals surface area contributed by atoms with E-state index < -0.39 is 5.66 Å². The molecule has 21 heavy (non-hydrogen) atoms. The van der Waals surface area contributed by atoms with Crippen molar-refractivity contribution in [1.82, 2.24) is 15.3 Å². The fourth-order valence-corrected chi connectivity index (χ4v) is 3.97. The van der Waals surface area contributed by atoms with E-state index in [0.29, 0.717) is 11.5 Å². The van der Waals surface area contributed by atoms with Crippen LogP contribution in [-0.2, 0) is 0 Å². The number of nitrogens with zero attached hydrogens (tertiary/aromatic N) is 3. The van der Waals surface area contributed by atoms with E-state index in [1.165, 1.54) is 17.7 Å². The fourth-order valence-electron chi connectivity index (χ4n) is 2.85. The van der Waals surface area contributed by atoms with Crippen molar-refractivity contribution in [3.63, 3.8) is 0 Å². The maximum Gasteiger partial charge on any atom is 0.265 e. The quantitative estimate of drug-likeness (QED) is 0.871. The molecule has 0 atom stereocenters. The number of carbonyl (C=O) groups is 1. The monoisotopic (exact) mass is 302 g/mol. The third-order valence-corrected chi connectivity index (χ3v) is 4.97. The van der Waals surface area contributed by atoms with Gasteiger partial charge in [0, 0.05) is 6.20 Å². The molecule has 1 N–H and O–H groups in total. The van der Waals surface area contributed by atoms with Crippen molar-refractivity contribution >= 4 is 22.9 Å². The summed E-state index contributed by atoms with van der Waals surface area (Å²) in [5.41, 5.74) is 1.27. The number of carbonyl (C=O) groups excluding carboxylic acids is 1. The summed E-state index contributed by atoms with van der Waals surface area (Å²) < 4.78 is 5.87. The number of hydrogen-bond donors (Lipinski definition) is 1. The predicted octanol–water partition coefficient (Wildman–Crippen LogP) is 1.88. The Balaban J connectivity index is 1.96. The van der Waals surface area contributed by atoms with Gasteiger partial charge in [-0.25, -0.2) is 9.97 Å². The Labute approximate surface area is 125 Å². The number of rotatable bonds is 1. The molecule has 0 unspecified atom stereocenters. The highest BCUT2D eigenvalue weighted by Gasteiger charge is 2.43. The molecular weight excluding hydrogens is 288 g/mol. The summed E-state index contributed by atoms with van der Waals surface area (Å²) in [6.45, 7) is 5.36. The van der Waals surface area contributed by atoms with Crippen molar-refractivity contribution in [2.45, 2.75) is 19.5 Å². The van der Waals surface area contributed by atoms with Gasteiger partial charge in [-0.3, -0.25) is 4.79 Å². The van der Waals surface area contributed by atoms with Crippen LogP contribution in [-0.4, -0.2) is 34.7 Å². The molecule has 108 valence electrons. The second kappa shape index (κ2) is 4.17. The van der Waals surface area contributed by atoms with E-state index in [-0.39, 0.29) is 5.91 Å². The lowest BCUT2D eigenvalue weighted by Gasteiger charge is -2.45. The van der Waals surface area contributed by atoms with Crippen LogP contribution in [0.2, 0.25) is 0 Å². The lowest BCUT2D eigenvalue weighted by Crippen LogP contribution is -2.61. The number of aromatic nitrogens is 2. The molecule has 7 heteroatoms. The number of thiophene rings is 1. The number of ether oxygens (including phenoxy) is 1. The van der Waals surface area contributed by atoms with Gasteiger partial charge in [-0.2, -0.15) is 0 Å². The van der Waals surface area contributed by atoms with Crippen LogP contribution in [0.25, 0.3) is 10.6 Å². The van der Waals surface area contributed by atoms with Crippen molar-refractivity contribution in [2.75, 3.05) is 18.1 Å². The minimum absolute atomic E-state index is 0.0525. The van der Waals surface area contributed by atoms with Gasteiger partial charge in [0.2, 0.25) is 0 Å². The van der Waals surface area contributed by atoms with Crippen LogP contribution in [0.4, 0.5) is 5.69 Å². The number of amides is 1. The van der Waals surface area contributed by atoms with Gasteiger partial charge in [0.1, 0.15) is 29.2 Å².